The van der Waals surface area contributed by atoms with Crippen molar-refractivity contribution in [1.82, 2.24) is 0 Å². The van der Waals surface area contributed by atoms with Crippen molar-refractivity contribution < 1.29 is 18.7 Å². The van der Waals surface area contributed by atoms with Crippen molar-refractivity contribution in [3.05, 3.63) is 76.1 Å². The van der Waals surface area contributed by atoms with Crippen molar-refractivity contribution in [1.29, 1.82) is 0 Å². The third kappa shape index (κ3) is 3.28. The van der Waals surface area contributed by atoms with Crippen molar-refractivity contribution in [3.8, 4) is 0 Å². The standard InChI is InChI=1S/C19H15NO5/c1-24-15(21)11-20-17-13-9-5-6-10-14(13)25-19(23)16(17)18(22)12-7-3-2-4-8-12/h2-10,20H,11H2,1H3. The van der Waals surface area contributed by atoms with Crippen LogP contribution < -0.4 is 10.9 Å². The van der Waals surface area contributed by atoms with Crippen molar-refractivity contribution >= 4 is 28.4 Å². The van der Waals surface area contributed by atoms with E-state index in [9.17, 15) is 14.4 Å². The van der Waals surface area contributed by atoms with Gasteiger partial charge < -0.3 is 14.5 Å². The molecule has 0 saturated carbocycles. The Morgan fingerprint density at radius 3 is 2.44 bits per heavy atom. The van der Waals surface area contributed by atoms with Crippen LogP contribution in [0.25, 0.3) is 11.0 Å². The highest BCUT2D eigenvalue weighted by Gasteiger charge is 2.22. The number of methoxy groups -OCH3 is 1. The summed E-state index contributed by atoms with van der Waals surface area (Å²) in [5.74, 6) is -0.997. The summed E-state index contributed by atoms with van der Waals surface area (Å²) in [5, 5.41) is 3.38. The van der Waals surface area contributed by atoms with Gasteiger partial charge in [-0.1, -0.05) is 42.5 Å². The molecule has 0 aliphatic heterocycles. The molecule has 0 atom stereocenters. The van der Waals surface area contributed by atoms with Crippen LogP contribution in [-0.4, -0.2) is 25.4 Å². The molecule has 25 heavy (non-hydrogen) atoms. The minimum Gasteiger partial charge on any atom is -0.468 e. The van der Waals surface area contributed by atoms with E-state index in [4.69, 9.17) is 4.42 Å². The smallest absolute Gasteiger partial charge is 0.349 e. The maximum absolute atomic E-state index is 12.8. The quantitative estimate of drug-likeness (QED) is 0.437. The molecule has 0 bridgehead atoms. The molecule has 0 aliphatic carbocycles. The van der Waals surface area contributed by atoms with E-state index in [0.29, 0.717) is 16.5 Å². The first-order chi connectivity index (χ1) is 12.1. The maximum atomic E-state index is 12.8. The van der Waals surface area contributed by atoms with Crippen LogP contribution in [0.5, 0.6) is 0 Å². The average molecular weight is 337 g/mol. The van der Waals surface area contributed by atoms with Gasteiger partial charge >= 0.3 is 11.6 Å². The second-order valence-corrected chi connectivity index (χ2v) is 5.26. The van der Waals surface area contributed by atoms with Crippen LogP contribution in [0.2, 0.25) is 0 Å². The highest BCUT2D eigenvalue weighted by atomic mass is 16.5. The van der Waals surface area contributed by atoms with Crippen LogP contribution in [0, 0.1) is 0 Å². The largest absolute Gasteiger partial charge is 0.468 e. The van der Waals surface area contributed by atoms with Crippen LogP contribution >= 0.6 is 0 Å². The van der Waals surface area contributed by atoms with Gasteiger partial charge in [0.05, 0.1) is 12.8 Å². The summed E-state index contributed by atoms with van der Waals surface area (Å²) in [6.45, 7) is -0.182. The zero-order valence-electron chi connectivity index (χ0n) is 13.4. The monoisotopic (exact) mass is 337 g/mol. The Balaban J connectivity index is 2.19. The lowest BCUT2D eigenvalue weighted by atomic mass is 10.0. The molecule has 1 aromatic heterocycles. The lowest BCUT2D eigenvalue weighted by molar-refractivity contribution is -0.138. The first-order valence-corrected chi connectivity index (χ1v) is 7.58. The molecule has 6 nitrogen and oxygen atoms in total. The predicted molar refractivity (Wildman–Crippen MR) is 92.9 cm³/mol. The minimum absolute atomic E-state index is 0.145. The van der Waals surface area contributed by atoms with E-state index in [0.717, 1.165) is 0 Å². The van der Waals surface area contributed by atoms with E-state index in [1.165, 1.54) is 7.11 Å². The molecule has 126 valence electrons. The first-order valence-electron chi connectivity index (χ1n) is 7.58. The predicted octanol–water partition coefficient (Wildman–Crippen LogP) is 2.61. The van der Waals surface area contributed by atoms with E-state index < -0.39 is 17.4 Å². The van der Waals surface area contributed by atoms with Gasteiger partial charge in [0.25, 0.3) is 0 Å². The van der Waals surface area contributed by atoms with Crippen LogP contribution in [-0.2, 0) is 9.53 Å². The SMILES string of the molecule is COC(=O)CNc1c(C(=O)c2ccccc2)c(=O)oc2ccccc12. The summed E-state index contributed by atoms with van der Waals surface area (Å²) in [6.07, 6.45) is 0. The zero-order chi connectivity index (χ0) is 17.8. The molecule has 0 aliphatic rings. The van der Waals surface area contributed by atoms with Crippen molar-refractivity contribution in [2.45, 2.75) is 0 Å². The molecule has 0 unspecified atom stereocenters. The van der Waals surface area contributed by atoms with Crippen LogP contribution in [0.1, 0.15) is 15.9 Å². The molecule has 0 amide bonds. The summed E-state index contributed by atoms with van der Waals surface area (Å²) in [7, 11) is 1.26. The van der Waals surface area contributed by atoms with Gasteiger partial charge in [-0.2, -0.15) is 0 Å². The number of esters is 1. The summed E-state index contributed by atoms with van der Waals surface area (Å²) in [6, 6.07) is 15.2. The van der Waals surface area contributed by atoms with Crippen molar-refractivity contribution in [2.24, 2.45) is 0 Å². The number of para-hydroxylation sites is 1. The Labute approximate surface area is 143 Å². The number of rotatable bonds is 5. The van der Waals surface area contributed by atoms with Gasteiger partial charge in [-0.05, 0) is 12.1 Å². The van der Waals surface area contributed by atoms with Gasteiger partial charge in [0.15, 0.2) is 0 Å². The lowest BCUT2D eigenvalue weighted by Gasteiger charge is -2.12. The fourth-order valence-corrected chi connectivity index (χ4v) is 2.51. The van der Waals surface area contributed by atoms with Gasteiger partial charge in [0.2, 0.25) is 5.78 Å². The molecule has 2 aromatic carbocycles. The fourth-order valence-electron chi connectivity index (χ4n) is 2.51. The molecular formula is C19H15NO5. The van der Waals surface area contributed by atoms with Gasteiger partial charge in [-0.25, -0.2) is 4.79 Å². The molecule has 0 spiro atoms. The second-order valence-electron chi connectivity index (χ2n) is 5.26. The first kappa shape index (κ1) is 16.4. The van der Waals surface area contributed by atoms with Crippen LogP contribution in [0.15, 0.2) is 63.8 Å². The lowest BCUT2D eigenvalue weighted by Crippen LogP contribution is -2.22. The van der Waals surface area contributed by atoms with E-state index in [1.54, 1.807) is 54.6 Å². The number of fused-ring (bicyclic) bond motifs is 1. The number of carbonyl (C=O) groups is 2. The topological polar surface area (TPSA) is 85.6 Å². The Bertz CT molecular complexity index is 992. The van der Waals surface area contributed by atoms with E-state index >= 15 is 0 Å². The van der Waals surface area contributed by atoms with Gasteiger partial charge in [0.1, 0.15) is 17.7 Å². The summed E-state index contributed by atoms with van der Waals surface area (Å²) < 4.78 is 9.89. The molecule has 1 N–H and O–H groups in total. The molecule has 3 rings (SSSR count). The van der Waals surface area contributed by atoms with E-state index in [2.05, 4.69) is 10.1 Å². The molecule has 6 heteroatoms. The van der Waals surface area contributed by atoms with Crippen LogP contribution in [0.3, 0.4) is 0 Å². The number of ketones is 1. The number of nitrogens with one attached hydrogen (secondary N) is 1. The van der Waals surface area contributed by atoms with Gasteiger partial charge in [-0.15, -0.1) is 0 Å². The molecule has 0 saturated heterocycles. The molecule has 1 heterocycles. The van der Waals surface area contributed by atoms with E-state index in [1.807, 2.05) is 0 Å². The summed E-state index contributed by atoms with van der Waals surface area (Å²) in [4.78, 5) is 36.8. The minimum atomic E-state index is -0.764. The number of hydrogen-bond donors (Lipinski definition) is 1. The third-order valence-corrected chi connectivity index (χ3v) is 3.71. The normalized spacial score (nSPS) is 10.4. The zero-order valence-corrected chi connectivity index (χ0v) is 13.4. The van der Waals surface area contributed by atoms with Gasteiger partial charge in [-0.3, -0.25) is 9.59 Å². The van der Waals surface area contributed by atoms with E-state index in [-0.39, 0.29) is 17.8 Å². The van der Waals surface area contributed by atoms with Gasteiger partial charge in [0, 0.05) is 10.9 Å². The van der Waals surface area contributed by atoms with Crippen LogP contribution in [0.4, 0.5) is 5.69 Å². The summed E-state index contributed by atoms with van der Waals surface area (Å²) in [5.41, 5.74) is 0.0236. The van der Waals surface area contributed by atoms with Crippen molar-refractivity contribution in [3.63, 3.8) is 0 Å². The molecular weight excluding hydrogens is 322 g/mol. The number of benzene rings is 2. The Morgan fingerprint density at radius 2 is 1.72 bits per heavy atom. The molecule has 3 aromatic rings. The van der Waals surface area contributed by atoms with Crippen molar-refractivity contribution in [2.75, 3.05) is 19.0 Å². The Morgan fingerprint density at radius 1 is 1.04 bits per heavy atom. The number of carbonyl (C=O) groups excluding carboxylic acids is 2. The Kier molecular flexibility index (Phi) is 4.61. The number of anilines is 1. The molecule has 0 fully saturated rings. The maximum Gasteiger partial charge on any atom is 0.349 e. The Hall–Kier alpha value is -3.41. The number of ether oxygens (including phenoxy) is 1. The summed E-state index contributed by atoms with van der Waals surface area (Å²) >= 11 is 0. The second kappa shape index (κ2) is 7.00. The number of hydrogen-bond acceptors (Lipinski definition) is 6. The highest BCUT2D eigenvalue weighted by Crippen LogP contribution is 2.26. The fraction of sp³-hybridized carbons (Fsp3) is 0.105. The average Bonchev–Trinajstić information content (AvgIpc) is 2.65. The molecule has 0 radical (unpaired) electrons. The highest BCUT2D eigenvalue weighted by molar-refractivity contribution is 6.15. The third-order valence-electron chi connectivity index (χ3n) is 3.71.